The molecule has 0 unspecified atom stereocenters. The van der Waals surface area contributed by atoms with Crippen LogP contribution in [-0.4, -0.2) is 24.6 Å². The van der Waals surface area contributed by atoms with Crippen molar-refractivity contribution in [2.75, 3.05) is 17.2 Å². The highest BCUT2D eigenvalue weighted by molar-refractivity contribution is 7.80. The molecule has 0 saturated carbocycles. The summed E-state index contributed by atoms with van der Waals surface area (Å²) >= 11 is 4.29. The lowest BCUT2D eigenvalue weighted by Crippen LogP contribution is -2.14. The van der Waals surface area contributed by atoms with Crippen molar-refractivity contribution in [2.24, 2.45) is 0 Å². The van der Waals surface area contributed by atoms with Gasteiger partial charge in [-0.3, -0.25) is 9.59 Å². The minimum atomic E-state index is -0.801. The van der Waals surface area contributed by atoms with E-state index in [1.54, 1.807) is 55.5 Å². The Hall–Kier alpha value is -3.78. The minimum absolute atomic E-state index is 0.213. The molecule has 2 amide bonds. The van der Waals surface area contributed by atoms with E-state index in [2.05, 4.69) is 23.3 Å². The summed E-state index contributed by atoms with van der Waals surface area (Å²) in [7, 11) is 0. The van der Waals surface area contributed by atoms with Crippen LogP contribution >= 0.6 is 12.6 Å². The van der Waals surface area contributed by atoms with Crippen LogP contribution in [-0.2, 0) is 4.74 Å². The second kappa shape index (κ2) is 10.3. The number of benzene rings is 3. The zero-order valence-corrected chi connectivity index (χ0v) is 17.5. The van der Waals surface area contributed by atoms with E-state index in [-0.39, 0.29) is 24.2 Å². The van der Waals surface area contributed by atoms with Gasteiger partial charge in [-0.15, -0.1) is 12.6 Å². The molecular weight excluding hydrogens is 416 g/mol. The van der Waals surface area contributed by atoms with Crippen molar-refractivity contribution in [3.8, 4) is 5.75 Å². The Kier molecular flexibility index (Phi) is 7.29. The van der Waals surface area contributed by atoms with Gasteiger partial charge in [0.25, 0.3) is 11.8 Å². The van der Waals surface area contributed by atoms with E-state index in [0.29, 0.717) is 27.4 Å². The van der Waals surface area contributed by atoms with Gasteiger partial charge >= 0.3 is 6.16 Å². The van der Waals surface area contributed by atoms with Gasteiger partial charge in [-0.1, -0.05) is 12.1 Å². The Morgan fingerprint density at radius 1 is 0.806 bits per heavy atom. The van der Waals surface area contributed by atoms with Gasteiger partial charge in [0.15, 0.2) is 0 Å². The largest absolute Gasteiger partial charge is 0.513 e. The molecule has 3 aromatic rings. The average molecular weight is 436 g/mol. The number of nitrogens with one attached hydrogen (secondary N) is 2. The minimum Gasteiger partial charge on any atom is -0.434 e. The summed E-state index contributed by atoms with van der Waals surface area (Å²) in [4.78, 5) is 36.7. The van der Waals surface area contributed by atoms with Crippen LogP contribution in [0.2, 0.25) is 0 Å². The van der Waals surface area contributed by atoms with Gasteiger partial charge in [0.05, 0.1) is 12.2 Å². The van der Waals surface area contributed by atoms with Gasteiger partial charge in [0.1, 0.15) is 5.75 Å². The number of hydrogen-bond donors (Lipinski definition) is 3. The standard InChI is InChI=1S/C23H20N2O5S/c1-2-29-23(28)30-18-13-7-15(8-14-18)21(26)24-16-9-11-17(12-10-16)25-22(27)19-5-3-4-6-20(19)31/h3-14,31H,2H2,1H3,(H,24,26)(H,25,27). The maximum absolute atomic E-state index is 12.4. The Balaban J connectivity index is 1.58. The van der Waals surface area contributed by atoms with Crippen molar-refractivity contribution >= 4 is 42.0 Å². The van der Waals surface area contributed by atoms with Gasteiger partial charge in [-0.2, -0.15) is 0 Å². The van der Waals surface area contributed by atoms with E-state index in [1.807, 2.05) is 0 Å². The van der Waals surface area contributed by atoms with Crippen molar-refractivity contribution in [1.29, 1.82) is 0 Å². The number of amides is 2. The lowest BCUT2D eigenvalue weighted by Gasteiger charge is -2.09. The molecule has 0 atom stereocenters. The highest BCUT2D eigenvalue weighted by Crippen LogP contribution is 2.19. The first kappa shape index (κ1) is 21.9. The van der Waals surface area contributed by atoms with E-state index in [0.717, 1.165) is 0 Å². The summed E-state index contributed by atoms with van der Waals surface area (Å²) in [6.45, 7) is 1.89. The van der Waals surface area contributed by atoms with E-state index in [4.69, 9.17) is 9.47 Å². The second-order valence-corrected chi connectivity index (χ2v) is 6.79. The molecule has 0 aliphatic carbocycles. The van der Waals surface area contributed by atoms with Crippen LogP contribution in [0.1, 0.15) is 27.6 Å². The fraction of sp³-hybridized carbons (Fsp3) is 0.0870. The molecule has 31 heavy (non-hydrogen) atoms. The van der Waals surface area contributed by atoms with Crippen molar-refractivity contribution in [2.45, 2.75) is 11.8 Å². The summed E-state index contributed by atoms with van der Waals surface area (Å²) in [5.41, 5.74) is 2.00. The first-order chi connectivity index (χ1) is 15.0. The van der Waals surface area contributed by atoms with Crippen LogP contribution in [0.5, 0.6) is 5.75 Å². The molecule has 0 aliphatic rings. The highest BCUT2D eigenvalue weighted by atomic mass is 32.1. The molecule has 7 nitrogen and oxygen atoms in total. The zero-order valence-electron chi connectivity index (χ0n) is 16.6. The molecule has 0 aromatic heterocycles. The molecule has 0 bridgehead atoms. The number of hydrogen-bond acceptors (Lipinski definition) is 6. The predicted octanol–water partition coefficient (Wildman–Crippen LogP) is 5.02. The molecule has 158 valence electrons. The maximum atomic E-state index is 12.4. The molecule has 3 rings (SSSR count). The van der Waals surface area contributed by atoms with Crippen molar-refractivity contribution in [1.82, 2.24) is 0 Å². The summed E-state index contributed by atoms with van der Waals surface area (Å²) < 4.78 is 9.66. The lowest BCUT2D eigenvalue weighted by molar-refractivity contribution is 0.101. The fourth-order valence-electron chi connectivity index (χ4n) is 2.62. The van der Waals surface area contributed by atoms with Gasteiger partial charge in [0.2, 0.25) is 0 Å². The normalized spacial score (nSPS) is 10.1. The van der Waals surface area contributed by atoms with E-state index in [1.165, 1.54) is 24.3 Å². The average Bonchev–Trinajstić information content (AvgIpc) is 2.76. The molecular formula is C23H20N2O5S. The van der Waals surface area contributed by atoms with Crippen LogP contribution in [0.3, 0.4) is 0 Å². The smallest absolute Gasteiger partial charge is 0.434 e. The van der Waals surface area contributed by atoms with E-state index < -0.39 is 6.16 Å². The monoisotopic (exact) mass is 436 g/mol. The second-order valence-electron chi connectivity index (χ2n) is 6.31. The Morgan fingerprint density at radius 3 is 1.97 bits per heavy atom. The third-order valence-corrected chi connectivity index (χ3v) is 4.52. The fourth-order valence-corrected chi connectivity index (χ4v) is 2.88. The molecule has 0 aliphatic heterocycles. The van der Waals surface area contributed by atoms with Crippen LogP contribution in [0.25, 0.3) is 0 Å². The SMILES string of the molecule is CCOC(=O)Oc1ccc(C(=O)Nc2ccc(NC(=O)c3ccccc3S)cc2)cc1. The van der Waals surface area contributed by atoms with Crippen molar-refractivity contribution < 1.29 is 23.9 Å². The summed E-state index contributed by atoms with van der Waals surface area (Å²) in [6, 6.07) is 19.8. The lowest BCUT2D eigenvalue weighted by atomic mass is 10.2. The molecule has 2 N–H and O–H groups in total. The van der Waals surface area contributed by atoms with Crippen LogP contribution in [0, 0.1) is 0 Å². The van der Waals surface area contributed by atoms with Gasteiger partial charge in [0, 0.05) is 21.8 Å². The topological polar surface area (TPSA) is 93.7 Å². The van der Waals surface area contributed by atoms with Crippen molar-refractivity contribution in [3.63, 3.8) is 0 Å². The number of ether oxygens (including phenoxy) is 2. The van der Waals surface area contributed by atoms with Gasteiger partial charge < -0.3 is 20.1 Å². The van der Waals surface area contributed by atoms with Crippen molar-refractivity contribution in [3.05, 3.63) is 83.9 Å². The molecule has 0 spiro atoms. The molecule has 8 heteroatoms. The third-order valence-electron chi connectivity index (χ3n) is 4.13. The number of carbonyl (C=O) groups is 3. The van der Waals surface area contributed by atoms with Gasteiger partial charge in [-0.05, 0) is 67.6 Å². The molecule has 0 saturated heterocycles. The first-order valence-corrected chi connectivity index (χ1v) is 9.86. The highest BCUT2D eigenvalue weighted by Gasteiger charge is 2.11. The summed E-state index contributed by atoms with van der Waals surface area (Å²) in [5, 5.41) is 5.55. The summed E-state index contributed by atoms with van der Waals surface area (Å²) in [5.74, 6) is -0.325. The third kappa shape index (κ3) is 6.10. The molecule has 3 aromatic carbocycles. The van der Waals surface area contributed by atoms with Crippen LogP contribution < -0.4 is 15.4 Å². The van der Waals surface area contributed by atoms with Crippen LogP contribution in [0.15, 0.2) is 77.7 Å². The van der Waals surface area contributed by atoms with E-state index in [9.17, 15) is 14.4 Å². The molecule has 0 heterocycles. The number of thiol groups is 1. The quantitative estimate of drug-likeness (QED) is 0.287. The number of anilines is 2. The number of carbonyl (C=O) groups excluding carboxylic acids is 3. The van der Waals surface area contributed by atoms with Crippen LogP contribution in [0.4, 0.5) is 16.2 Å². The Bertz CT molecular complexity index is 1080. The van der Waals surface area contributed by atoms with E-state index >= 15 is 0 Å². The predicted molar refractivity (Wildman–Crippen MR) is 120 cm³/mol. The molecule has 0 radical (unpaired) electrons. The van der Waals surface area contributed by atoms with Gasteiger partial charge in [-0.25, -0.2) is 4.79 Å². The Labute approximate surface area is 184 Å². The first-order valence-electron chi connectivity index (χ1n) is 9.41. The number of rotatable bonds is 6. The Morgan fingerprint density at radius 2 is 1.39 bits per heavy atom. The maximum Gasteiger partial charge on any atom is 0.513 e. The summed E-state index contributed by atoms with van der Waals surface area (Å²) in [6.07, 6.45) is -0.801. The zero-order chi connectivity index (χ0) is 22.2. The molecule has 0 fully saturated rings.